The maximum Gasteiger partial charge on any atom is 0.322 e. The third kappa shape index (κ3) is 4.65. The second kappa shape index (κ2) is 8.23. The molecule has 6 heteroatoms. The number of carbonyl (C=O) groups excluding carboxylic acids is 1. The number of methoxy groups -OCH3 is 1. The molecule has 132 valence electrons. The van der Waals surface area contributed by atoms with Crippen molar-refractivity contribution in [3.05, 3.63) is 59.1 Å². The summed E-state index contributed by atoms with van der Waals surface area (Å²) in [5.74, 6) is 0.664. The average molecular weight is 360 g/mol. The number of piperazine rings is 1. The standard InChI is InChI=1S/C19H22ClN3O2/c1-25-18-5-3-2-4-17(18)21-19(24)23-12-10-22(11-13-23)14-15-6-8-16(20)9-7-15/h2-9H,10-14H2,1H3,(H,21,24). The molecule has 2 aromatic rings. The summed E-state index contributed by atoms with van der Waals surface area (Å²) >= 11 is 5.92. The fraction of sp³-hybridized carbons (Fsp3) is 0.316. The first-order chi connectivity index (χ1) is 12.2. The lowest BCUT2D eigenvalue weighted by molar-refractivity contribution is 0.143. The number of hydrogen-bond acceptors (Lipinski definition) is 3. The van der Waals surface area contributed by atoms with Crippen LogP contribution < -0.4 is 10.1 Å². The molecule has 1 aliphatic heterocycles. The number of anilines is 1. The molecule has 0 aliphatic carbocycles. The fourth-order valence-electron chi connectivity index (χ4n) is 2.90. The van der Waals surface area contributed by atoms with Crippen LogP contribution in [0.1, 0.15) is 5.56 Å². The maximum atomic E-state index is 12.5. The van der Waals surface area contributed by atoms with Crippen molar-refractivity contribution in [1.82, 2.24) is 9.80 Å². The van der Waals surface area contributed by atoms with E-state index in [-0.39, 0.29) is 6.03 Å². The number of amides is 2. The molecule has 1 N–H and O–H groups in total. The van der Waals surface area contributed by atoms with Crippen molar-refractivity contribution in [2.45, 2.75) is 6.54 Å². The van der Waals surface area contributed by atoms with E-state index in [1.54, 1.807) is 7.11 Å². The van der Waals surface area contributed by atoms with Gasteiger partial charge in [0.15, 0.2) is 0 Å². The summed E-state index contributed by atoms with van der Waals surface area (Å²) in [6, 6.07) is 15.3. The van der Waals surface area contributed by atoms with Gasteiger partial charge >= 0.3 is 6.03 Å². The number of carbonyl (C=O) groups is 1. The number of rotatable bonds is 4. The Hall–Kier alpha value is -2.24. The van der Waals surface area contributed by atoms with Crippen LogP contribution in [-0.4, -0.2) is 49.1 Å². The number of ether oxygens (including phenoxy) is 1. The summed E-state index contributed by atoms with van der Waals surface area (Å²) in [6.45, 7) is 3.98. The van der Waals surface area contributed by atoms with E-state index < -0.39 is 0 Å². The highest BCUT2D eigenvalue weighted by molar-refractivity contribution is 6.30. The molecule has 0 spiro atoms. The van der Waals surface area contributed by atoms with Gasteiger partial charge in [-0.2, -0.15) is 0 Å². The van der Waals surface area contributed by atoms with Crippen LogP contribution in [0.25, 0.3) is 0 Å². The zero-order chi connectivity index (χ0) is 17.6. The number of para-hydroxylation sites is 2. The molecule has 0 saturated carbocycles. The summed E-state index contributed by atoms with van der Waals surface area (Å²) in [5, 5.41) is 3.68. The molecular formula is C19H22ClN3O2. The van der Waals surface area contributed by atoms with Crippen molar-refractivity contribution < 1.29 is 9.53 Å². The van der Waals surface area contributed by atoms with Crippen LogP contribution in [0.3, 0.4) is 0 Å². The molecule has 2 aromatic carbocycles. The highest BCUT2D eigenvalue weighted by Crippen LogP contribution is 2.23. The Morgan fingerprint density at radius 2 is 1.76 bits per heavy atom. The van der Waals surface area contributed by atoms with Crippen molar-refractivity contribution in [2.75, 3.05) is 38.6 Å². The average Bonchev–Trinajstić information content (AvgIpc) is 2.64. The molecule has 0 radical (unpaired) electrons. The molecule has 0 atom stereocenters. The van der Waals surface area contributed by atoms with E-state index in [0.29, 0.717) is 24.5 Å². The number of halogens is 1. The van der Waals surface area contributed by atoms with Crippen LogP contribution in [0.2, 0.25) is 5.02 Å². The molecule has 0 bridgehead atoms. The van der Waals surface area contributed by atoms with Gasteiger partial charge in [-0.1, -0.05) is 35.9 Å². The van der Waals surface area contributed by atoms with Crippen LogP contribution >= 0.6 is 11.6 Å². The molecule has 25 heavy (non-hydrogen) atoms. The molecule has 1 saturated heterocycles. The van der Waals surface area contributed by atoms with Gasteiger partial charge in [-0.15, -0.1) is 0 Å². The first-order valence-electron chi connectivity index (χ1n) is 8.31. The maximum absolute atomic E-state index is 12.5. The predicted octanol–water partition coefficient (Wildman–Crippen LogP) is 3.70. The summed E-state index contributed by atoms with van der Waals surface area (Å²) in [5.41, 5.74) is 1.93. The second-order valence-electron chi connectivity index (χ2n) is 6.02. The number of nitrogens with one attached hydrogen (secondary N) is 1. The summed E-state index contributed by atoms with van der Waals surface area (Å²) in [7, 11) is 1.60. The van der Waals surface area contributed by atoms with E-state index >= 15 is 0 Å². The first-order valence-corrected chi connectivity index (χ1v) is 8.69. The van der Waals surface area contributed by atoms with E-state index in [9.17, 15) is 4.79 Å². The minimum Gasteiger partial charge on any atom is -0.495 e. The lowest BCUT2D eigenvalue weighted by Crippen LogP contribution is -2.49. The monoisotopic (exact) mass is 359 g/mol. The number of nitrogens with zero attached hydrogens (tertiary/aromatic N) is 2. The van der Waals surface area contributed by atoms with Crippen LogP contribution in [0, 0.1) is 0 Å². The molecule has 1 heterocycles. The zero-order valence-electron chi connectivity index (χ0n) is 14.2. The number of hydrogen-bond donors (Lipinski definition) is 1. The highest BCUT2D eigenvalue weighted by Gasteiger charge is 2.21. The number of benzene rings is 2. The van der Waals surface area contributed by atoms with E-state index in [0.717, 1.165) is 24.7 Å². The molecule has 1 fully saturated rings. The van der Waals surface area contributed by atoms with Gasteiger partial charge in [-0.3, -0.25) is 4.90 Å². The smallest absolute Gasteiger partial charge is 0.322 e. The SMILES string of the molecule is COc1ccccc1NC(=O)N1CCN(Cc2ccc(Cl)cc2)CC1. The largest absolute Gasteiger partial charge is 0.495 e. The summed E-state index contributed by atoms with van der Waals surface area (Å²) in [4.78, 5) is 16.6. The van der Waals surface area contributed by atoms with Crippen molar-refractivity contribution in [3.63, 3.8) is 0 Å². The van der Waals surface area contributed by atoms with Crippen LogP contribution in [0.4, 0.5) is 10.5 Å². The molecule has 3 rings (SSSR count). The quantitative estimate of drug-likeness (QED) is 0.905. The predicted molar refractivity (Wildman–Crippen MR) is 100 cm³/mol. The Kier molecular flexibility index (Phi) is 5.79. The zero-order valence-corrected chi connectivity index (χ0v) is 15.0. The van der Waals surface area contributed by atoms with E-state index in [4.69, 9.17) is 16.3 Å². The highest BCUT2D eigenvalue weighted by atomic mass is 35.5. The summed E-state index contributed by atoms with van der Waals surface area (Å²) < 4.78 is 5.27. The Balaban J connectivity index is 1.51. The van der Waals surface area contributed by atoms with Gasteiger partial charge in [0, 0.05) is 37.7 Å². The van der Waals surface area contributed by atoms with Crippen LogP contribution in [0.5, 0.6) is 5.75 Å². The van der Waals surface area contributed by atoms with E-state index in [2.05, 4.69) is 10.2 Å². The second-order valence-corrected chi connectivity index (χ2v) is 6.46. The van der Waals surface area contributed by atoms with Gasteiger partial charge in [0.2, 0.25) is 0 Å². The molecule has 0 unspecified atom stereocenters. The molecule has 2 amide bonds. The Bertz CT molecular complexity index is 713. The molecule has 1 aliphatic rings. The topological polar surface area (TPSA) is 44.8 Å². The van der Waals surface area contributed by atoms with E-state index in [1.165, 1.54) is 5.56 Å². The van der Waals surface area contributed by atoms with Gasteiger partial charge in [0.05, 0.1) is 12.8 Å². The minimum atomic E-state index is -0.0874. The molecular weight excluding hydrogens is 338 g/mol. The van der Waals surface area contributed by atoms with Crippen molar-refractivity contribution in [3.8, 4) is 5.75 Å². The molecule has 0 aromatic heterocycles. The summed E-state index contributed by atoms with van der Waals surface area (Å²) in [6.07, 6.45) is 0. The first kappa shape index (κ1) is 17.6. The Morgan fingerprint density at radius 3 is 2.44 bits per heavy atom. The number of urea groups is 1. The van der Waals surface area contributed by atoms with Gasteiger partial charge in [0.1, 0.15) is 5.75 Å². The van der Waals surface area contributed by atoms with Crippen molar-refractivity contribution in [2.24, 2.45) is 0 Å². The van der Waals surface area contributed by atoms with Gasteiger partial charge < -0.3 is 15.0 Å². The lowest BCUT2D eigenvalue weighted by Gasteiger charge is -2.34. The third-order valence-electron chi connectivity index (χ3n) is 4.33. The van der Waals surface area contributed by atoms with Gasteiger partial charge in [-0.25, -0.2) is 4.79 Å². The van der Waals surface area contributed by atoms with E-state index in [1.807, 2.05) is 53.4 Å². The third-order valence-corrected chi connectivity index (χ3v) is 4.58. The Morgan fingerprint density at radius 1 is 1.08 bits per heavy atom. The minimum absolute atomic E-state index is 0.0874. The van der Waals surface area contributed by atoms with Gasteiger partial charge in [0.25, 0.3) is 0 Å². The van der Waals surface area contributed by atoms with Crippen molar-refractivity contribution in [1.29, 1.82) is 0 Å². The molecule has 5 nitrogen and oxygen atoms in total. The lowest BCUT2D eigenvalue weighted by atomic mass is 10.2. The van der Waals surface area contributed by atoms with Crippen LogP contribution in [-0.2, 0) is 6.54 Å². The van der Waals surface area contributed by atoms with Gasteiger partial charge in [-0.05, 0) is 29.8 Å². The van der Waals surface area contributed by atoms with Crippen molar-refractivity contribution >= 4 is 23.3 Å². The Labute approximate surface area is 153 Å². The van der Waals surface area contributed by atoms with Crippen LogP contribution in [0.15, 0.2) is 48.5 Å². The normalized spacial score (nSPS) is 15.0. The fourth-order valence-corrected chi connectivity index (χ4v) is 3.03.